The minimum absolute atomic E-state index is 1.19. The SMILES string of the molecule is Cc1cc2cc(-c3cccc4ccccc34)[nH]c2cc1C. The largest absolute Gasteiger partial charge is 0.355 e. The third kappa shape index (κ3) is 1.93. The Morgan fingerprint density at radius 3 is 2.38 bits per heavy atom. The molecule has 0 saturated carbocycles. The van der Waals surface area contributed by atoms with Gasteiger partial charge in [-0.3, -0.25) is 0 Å². The molecular formula is C20H17N. The Kier molecular flexibility index (Phi) is 2.61. The molecule has 0 spiro atoms. The van der Waals surface area contributed by atoms with Crippen molar-refractivity contribution in [1.82, 2.24) is 4.98 Å². The van der Waals surface area contributed by atoms with Gasteiger partial charge in [0.25, 0.3) is 0 Å². The molecule has 0 aliphatic carbocycles. The van der Waals surface area contributed by atoms with Gasteiger partial charge in [-0.1, -0.05) is 42.5 Å². The molecule has 1 N–H and O–H groups in total. The second kappa shape index (κ2) is 4.49. The Bertz CT molecular complexity index is 916. The molecule has 1 heterocycles. The molecule has 1 nitrogen and oxygen atoms in total. The fourth-order valence-electron chi connectivity index (χ4n) is 3.01. The van der Waals surface area contributed by atoms with Crippen molar-refractivity contribution < 1.29 is 0 Å². The van der Waals surface area contributed by atoms with Crippen LogP contribution >= 0.6 is 0 Å². The van der Waals surface area contributed by atoms with Crippen molar-refractivity contribution >= 4 is 21.7 Å². The lowest BCUT2D eigenvalue weighted by Crippen LogP contribution is -1.81. The number of rotatable bonds is 1. The Morgan fingerprint density at radius 1 is 0.714 bits per heavy atom. The van der Waals surface area contributed by atoms with Crippen LogP contribution in [0.15, 0.2) is 60.7 Å². The lowest BCUT2D eigenvalue weighted by molar-refractivity contribution is 1.35. The molecule has 0 amide bonds. The second-order valence-corrected chi connectivity index (χ2v) is 5.73. The highest BCUT2D eigenvalue weighted by atomic mass is 14.7. The summed E-state index contributed by atoms with van der Waals surface area (Å²) in [4.78, 5) is 3.57. The summed E-state index contributed by atoms with van der Waals surface area (Å²) in [5.74, 6) is 0. The number of fused-ring (bicyclic) bond motifs is 2. The van der Waals surface area contributed by atoms with Crippen molar-refractivity contribution in [2.45, 2.75) is 13.8 Å². The summed E-state index contributed by atoms with van der Waals surface area (Å²) < 4.78 is 0. The zero-order chi connectivity index (χ0) is 14.4. The summed E-state index contributed by atoms with van der Waals surface area (Å²) in [5, 5.41) is 3.85. The van der Waals surface area contributed by atoms with Gasteiger partial charge in [-0.05, 0) is 53.9 Å². The van der Waals surface area contributed by atoms with Gasteiger partial charge < -0.3 is 4.98 Å². The van der Waals surface area contributed by atoms with Crippen molar-refractivity contribution in [3.63, 3.8) is 0 Å². The molecule has 3 aromatic carbocycles. The fourth-order valence-corrected chi connectivity index (χ4v) is 3.01. The number of aryl methyl sites for hydroxylation is 2. The molecule has 0 aliphatic rings. The first kappa shape index (κ1) is 12.2. The third-order valence-electron chi connectivity index (χ3n) is 4.31. The minimum Gasteiger partial charge on any atom is -0.355 e. The quantitative estimate of drug-likeness (QED) is 0.463. The molecule has 1 aromatic heterocycles. The predicted molar refractivity (Wildman–Crippen MR) is 90.7 cm³/mol. The highest BCUT2D eigenvalue weighted by molar-refractivity contribution is 5.98. The van der Waals surface area contributed by atoms with E-state index in [-0.39, 0.29) is 0 Å². The van der Waals surface area contributed by atoms with Crippen molar-refractivity contribution in [1.29, 1.82) is 0 Å². The summed E-state index contributed by atoms with van der Waals surface area (Å²) in [6.07, 6.45) is 0. The Balaban J connectivity index is 2.00. The summed E-state index contributed by atoms with van der Waals surface area (Å²) in [6, 6.07) is 21.8. The first-order valence-electron chi connectivity index (χ1n) is 7.30. The Morgan fingerprint density at radius 2 is 1.48 bits per heavy atom. The zero-order valence-electron chi connectivity index (χ0n) is 12.3. The molecule has 102 valence electrons. The van der Waals surface area contributed by atoms with E-state index in [0.717, 1.165) is 0 Å². The number of hydrogen-bond donors (Lipinski definition) is 1. The summed E-state index contributed by atoms with van der Waals surface area (Å²) in [7, 11) is 0. The van der Waals surface area contributed by atoms with Gasteiger partial charge in [0.05, 0.1) is 0 Å². The molecule has 1 heteroatoms. The maximum Gasteiger partial charge on any atom is 0.0471 e. The Hall–Kier alpha value is -2.54. The number of aromatic nitrogens is 1. The second-order valence-electron chi connectivity index (χ2n) is 5.73. The van der Waals surface area contributed by atoms with Gasteiger partial charge in [0.15, 0.2) is 0 Å². The van der Waals surface area contributed by atoms with Crippen LogP contribution < -0.4 is 0 Å². The van der Waals surface area contributed by atoms with Crippen molar-refractivity contribution in [2.75, 3.05) is 0 Å². The lowest BCUT2D eigenvalue weighted by atomic mass is 10.0. The fraction of sp³-hybridized carbons (Fsp3) is 0.100. The maximum absolute atomic E-state index is 3.57. The number of nitrogens with one attached hydrogen (secondary N) is 1. The summed E-state index contributed by atoms with van der Waals surface area (Å²) >= 11 is 0. The van der Waals surface area contributed by atoms with Crippen LogP contribution in [0, 0.1) is 13.8 Å². The summed E-state index contributed by atoms with van der Waals surface area (Å²) in [5.41, 5.74) is 6.33. The average molecular weight is 271 g/mol. The molecule has 0 fully saturated rings. The van der Waals surface area contributed by atoms with E-state index in [4.69, 9.17) is 0 Å². The van der Waals surface area contributed by atoms with Crippen molar-refractivity contribution in [3.05, 3.63) is 71.8 Å². The monoisotopic (exact) mass is 271 g/mol. The smallest absolute Gasteiger partial charge is 0.0471 e. The highest BCUT2D eigenvalue weighted by Gasteiger charge is 2.07. The maximum atomic E-state index is 3.57. The molecule has 0 aliphatic heterocycles. The molecule has 4 aromatic rings. The van der Waals surface area contributed by atoms with Crippen LogP contribution in [0.4, 0.5) is 0 Å². The molecule has 0 unspecified atom stereocenters. The number of H-pyrrole nitrogens is 1. The van der Waals surface area contributed by atoms with E-state index in [1.165, 1.54) is 44.1 Å². The highest BCUT2D eigenvalue weighted by Crippen LogP contribution is 2.31. The zero-order valence-corrected chi connectivity index (χ0v) is 12.3. The molecule has 21 heavy (non-hydrogen) atoms. The minimum atomic E-state index is 1.19. The van der Waals surface area contributed by atoms with Crippen LogP contribution in [0.25, 0.3) is 32.9 Å². The van der Waals surface area contributed by atoms with Gasteiger partial charge in [0, 0.05) is 22.2 Å². The lowest BCUT2D eigenvalue weighted by Gasteiger charge is -2.04. The van der Waals surface area contributed by atoms with Gasteiger partial charge in [0.1, 0.15) is 0 Å². The van der Waals surface area contributed by atoms with Gasteiger partial charge in [-0.15, -0.1) is 0 Å². The molecular weight excluding hydrogens is 254 g/mol. The van der Waals surface area contributed by atoms with E-state index in [1.807, 2.05) is 0 Å². The van der Waals surface area contributed by atoms with E-state index in [2.05, 4.69) is 79.5 Å². The van der Waals surface area contributed by atoms with Gasteiger partial charge >= 0.3 is 0 Å². The molecule has 0 saturated heterocycles. The van der Waals surface area contributed by atoms with Crippen LogP contribution in [0.5, 0.6) is 0 Å². The van der Waals surface area contributed by atoms with Gasteiger partial charge in [0.2, 0.25) is 0 Å². The van der Waals surface area contributed by atoms with Crippen molar-refractivity contribution in [2.24, 2.45) is 0 Å². The first-order valence-corrected chi connectivity index (χ1v) is 7.30. The van der Waals surface area contributed by atoms with Crippen LogP contribution in [-0.2, 0) is 0 Å². The molecule has 0 radical (unpaired) electrons. The van der Waals surface area contributed by atoms with E-state index in [1.54, 1.807) is 0 Å². The van der Waals surface area contributed by atoms with E-state index in [9.17, 15) is 0 Å². The Labute approximate surface area is 124 Å². The van der Waals surface area contributed by atoms with Crippen LogP contribution in [0.2, 0.25) is 0 Å². The number of hydrogen-bond acceptors (Lipinski definition) is 0. The van der Waals surface area contributed by atoms with Crippen LogP contribution in [0.1, 0.15) is 11.1 Å². The van der Waals surface area contributed by atoms with E-state index < -0.39 is 0 Å². The standard InChI is InChI=1S/C20H17N/c1-13-10-16-12-20(21-19(16)11-14(13)2)18-9-5-7-15-6-3-4-8-17(15)18/h3-12,21H,1-2H3. The number of benzene rings is 3. The predicted octanol–water partition coefficient (Wildman–Crippen LogP) is 5.60. The summed E-state index contributed by atoms with van der Waals surface area (Å²) in [6.45, 7) is 4.33. The van der Waals surface area contributed by atoms with Crippen molar-refractivity contribution in [3.8, 4) is 11.3 Å². The first-order chi connectivity index (χ1) is 10.2. The van der Waals surface area contributed by atoms with Gasteiger partial charge in [-0.2, -0.15) is 0 Å². The van der Waals surface area contributed by atoms with E-state index in [0.29, 0.717) is 0 Å². The van der Waals surface area contributed by atoms with Crippen LogP contribution in [-0.4, -0.2) is 4.98 Å². The molecule has 0 bridgehead atoms. The van der Waals surface area contributed by atoms with Crippen LogP contribution in [0.3, 0.4) is 0 Å². The molecule has 0 atom stereocenters. The van der Waals surface area contributed by atoms with Gasteiger partial charge in [-0.25, -0.2) is 0 Å². The van der Waals surface area contributed by atoms with E-state index >= 15 is 0 Å². The average Bonchev–Trinajstić information content (AvgIpc) is 2.90. The third-order valence-corrected chi connectivity index (χ3v) is 4.31. The topological polar surface area (TPSA) is 15.8 Å². The normalized spacial score (nSPS) is 11.3. The molecule has 4 rings (SSSR count). The number of aromatic amines is 1.